The van der Waals surface area contributed by atoms with Gasteiger partial charge in [0.15, 0.2) is 0 Å². The summed E-state index contributed by atoms with van der Waals surface area (Å²) in [6.45, 7) is 1.49. The first-order chi connectivity index (χ1) is 14.6. The third kappa shape index (κ3) is 4.36. The van der Waals surface area contributed by atoms with Gasteiger partial charge in [-0.1, -0.05) is 12.1 Å². The van der Waals surface area contributed by atoms with E-state index in [1.165, 1.54) is 43.0 Å². The van der Waals surface area contributed by atoms with E-state index in [1.54, 1.807) is 12.1 Å². The third-order valence-electron chi connectivity index (χ3n) is 4.77. The highest BCUT2D eigenvalue weighted by molar-refractivity contribution is 7.99. The minimum atomic E-state index is -4.57. The molecule has 1 atom stereocenters. The fraction of sp³-hybridized carbons (Fsp3) is 0.182. The number of hydrogen-bond acceptors (Lipinski definition) is 5. The predicted molar refractivity (Wildman–Crippen MR) is 109 cm³/mol. The lowest BCUT2D eigenvalue weighted by molar-refractivity contribution is -0.137. The minimum absolute atomic E-state index is 0.0267. The second kappa shape index (κ2) is 7.88. The Morgan fingerprint density at radius 1 is 1.13 bits per heavy atom. The maximum atomic E-state index is 13.4. The maximum absolute atomic E-state index is 13.4. The summed E-state index contributed by atoms with van der Waals surface area (Å²) in [7, 11) is 0. The number of alkyl halides is 3. The quantitative estimate of drug-likeness (QED) is 0.476. The number of aliphatic imine (C=N–C) groups is 1. The summed E-state index contributed by atoms with van der Waals surface area (Å²) in [5.74, 6) is -0.612. The highest BCUT2D eigenvalue weighted by atomic mass is 32.2. The molecule has 0 aliphatic carbocycles. The molecular formula is C22H15F4NO3S. The molecule has 0 radical (unpaired) electrons. The van der Waals surface area contributed by atoms with Crippen molar-refractivity contribution in [1.82, 2.24) is 0 Å². The molecule has 0 fully saturated rings. The first kappa shape index (κ1) is 21.2. The van der Waals surface area contributed by atoms with E-state index in [0.717, 1.165) is 12.1 Å². The van der Waals surface area contributed by atoms with Gasteiger partial charge in [0.05, 0.1) is 17.0 Å². The normalized spacial score (nSPS) is 16.4. The number of aryl methyl sites for hydroxylation is 1. The van der Waals surface area contributed by atoms with Gasteiger partial charge in [-0.15, -0.1) is 11.8 Å². The number of hydrogen-bond donors (Lipinski definition) is 1. The van der Waals surface area contributed by atoms with Gasteiger partial charge in [0.1, 0.15) is 22.9 Å². The highest BCUT2D eigenvalue weighted by Crippen LogP contribution is 2.47. The Kier molecular flexibility index (Phi) is 5.38. The van der Waals surface area contributed by atoms with E-state index in [0.29, 0.717) is 10.5 Å². The first-order valence-electron chi connectivity index (χ1n) is 9.17. The smallest absolute Gasteiger partial charge is 0.416 e. The van der Waals surface area contributed by atoms with Crippen LogP contribution in [0, 0.1) is 12.7 Å². The summed E-state index contributed by atoms with van der Waals surface area (Å²) in [6.07, 6.45) is -4.46. The molecule has 0 saturated heterocycles. The zero-order valence-corrected chi connectivity index (χ0v) is 16.9. The molecule has 9 heteroatoms. The van der Waals surface area contributed by atoms with Crippen LogP contribution < -0.4 is 5.63 Å². The van der Waals surface area contributed by atoms with Crippen LogP contribution in [0.1, 0.15) is 34.1 Å². The molecule has 1 aliphatic heterocycles. The molecule has 160 valence electrons. The van der Waals surface area contributed by atoms with E-state index in [4.69, 9.17) is 4.42 Å². The van der Waals surface area contributed by atoms with E-state index in [1.807, 2.05) is 0 Å². The van der Waals surface area contributed by atoms with E-state index in [9.17, 15) is 27.5 Å². The molecule has 2 heterocycles. The Balaban J connectivity index is 1.90. The molecule has 4 nitrogen and oxygen atoms in total. The monoisotopic (exact) mass is 449 g/mol. The fourth-order valence-electron chi connectivity index (χ4n) is 3.33. The Labute approximate surface area is 178 Å². The van der Waals surface area contributed by atoms with Gasteiger partial charge in [-0.25, -0.2) is 9.18 Å². The Bertz CT molecular complexity index is 1230. The number of fused-ring (bicyclic) bond motifs is 1. The van der Waals surface area contributed by atoms with Crippen molar-refractivity contribution in [3.8, 4) is 5.75 Å². The van der Waals surface area contributed by atoms with Crippen LogP contribution in [0.15, 0.2) is 67.6 Å². The molecule has 0 saturated carbocycles. The SMILES string of the molecule is Cc1cc(O)c(C2=Nc3cc(C(F)(F)F)ccc3SC(c3ccc(F)cc3)C2)c(=O)o1. The van der Waals surface area contributed by atoms with E-state index in [2.05, 4.69) is 4.99 Å². The minimum Gasteiger partial charge on any atom is -0.507 e. The largest absolute Gasteiger partial charge is 0.507 e. The van der Waals surface area contributed by atoms with Crippen LogP contribution in [0.3, 0.4) is 0 Å². The summed E-state index contributed by atoms with van der Waals surface area (Å²) >= 11 is 1.25. The average Bonchev–Trinajstić information content (AvgIpc) is 2.86. The van der Waals surface area contributed by atoms with Gasteiger partial charge in [0.25, 0.3) is 0 Å². The molecule has 3 aromatic rings. The number of rotatable bonds is 2. The van der Waals surface area contributed by atoms with Crippen molar-refractivity contribution < 1.29 is 27.1 Å². The van der Waals surface area contributed by atoms with Crippen molar-refractivity contribution in [2.45, 2.75) is 29.7 Å². The topological polar surface area (TPSA) is 62.8 Å². The van der Waals surface area contributed by atoms with Crippen LogP contribution >= 0.6 is 11.8 Å². The summed E-state index contributed by atoms with van der Waals surface area (Å²) in [5.41, 5.74) is -1.11. The number of nitrogens with zero attached hydrogens (tertiary/aromatic N) is 1. The fourth-order valence-corrected chi connectivity index (χ4v) is 4.54. The van der Waals surface area contributed by atoms with Crippen LogP contribution in [-0.2, 0) is 6.18 Å². The second-order valence-corrected chi connectivity index (χ2v) is 8.25. The average molecular weight is 449 g/mol. The molecule has 4 rings (SSSR count). The number of benzene rings is 2. The molecular weight excluding hydrogens is 434 g/mol. The lowest BCUT2D eigenvalue weighted by Gasteiger charge is -2.16. The highest BCUT2D eigenvalue weighted by Gasteiger charge is 2.33. The maximum Gasteiger partial charge on any atom is 0.416 e. The van der Waals surface area contributed by atoms with Crippen molar-refractivity contribution >= 4 is 23.2 Å². The molecule has 0 bridgehead atoms. The van der Waals surface area contributed by atoms with Crippen LogP contribution in [0.4, 0.5) is 23.2 Å². The van der Waals surface area contributed by atoms with Gasteiger partial charge in [0.2, 0.25) is 0 Å². The molecule has 2 aromatic carbocycles. The lowest BCUT2D eigenvalue weighted by Crippen LogP contribution is -2.17. The third-order valence-corrected chi connectivity index (χ3v) is 6.10. The van der Waals surface area contributed by atoms with Crippen molar-refractivity contribution in [3.05, 3.63) is 87.2 Å². The molecule has 1 aromatic heterocycles. The van der Waals surface area contributed by atoms with Crippen LogP contribution in [0.2, 0.25) is 0 Å². The summed E-state index contributed by atoms with van der Waals surface area (Å²) in [4.78, 5) is 17.3. The number of halogens is 4. The second-order valence-electron chi connectivity index (χ2n) is 7.01. The summed E-state index contributed by atoms with van der Waals surface area (Å²) < 4.78 is 58.2. The molecule has 1 N–H and O–H groups in total. The van der Waals surface area contributed by atoms with Crippen molar-refractivity contribution in [2.24, 2.45) is 4.99 Å². The number of thioether (sulfide) groups is 1. The van der Waals surface area contributed by atoms with Crippen LogP contribution in [0.25, 0.3) is 0 Å². The molecule has 31 heavy (non-hydrogen) atoms. The van der Waals surface area contributed by atoms with Gasteiger partial charge in [-0.3, -0.25) is 4.99 Å². The zero-order valence-electron chi connectivity index (χ0n) is 16.0. The molecule has 0 spiro atoms. The van der Waals surface area contributed by atoms with Crippen molar-refractivity contribution in [2.75, 3.05) is 0 Å². The van der Waals surface area contributed by atoms with E-state index < -0.39 is 28.4 Å². The van der Waals surface area contributed by atoms with Crippen LogP contribution in [0.5, 0.6) is 5.75 Å². The van der Waals surface area contributed by atoms with Crippen molar-refractivity contribution in [3.63, 3.8) is 0 Å². The van der Waals surface area contributed by atoms with Crippen LogP contribution in [-0.4, -0.2) is 10.8 Å². The van der Waals surface area contributed by atoms with E-state index >= 15 is 0 Å². The zero-order chi connectivity index (χ0) is 22.3. The van der Waals surface area contributed by atoms with Gasteiger partial charge in [-0.05, 0) is 42.8 Å². The van der Waals surface area contributed by atoms with Gasteiger partial charge in [-0.2, -0.15) is 13.2 Å². The van der Waals surface area contributed by atoms with Gasteiger partial charge < -0.3 is 9.52 Å². The van der Waals surface area contributed by atoms with Gasteiger partial charge in [0, 0.05) is 22.6 Å². The van der Waals surface area contributed by atoms with E-state index in [-0.39, 0.29) is 34.9 Å². The summed E-state index contributed by atoms with van der Waals surface area (Å²) in [5, 5.41) is 9.97. The number of aromatic hydroxyl groups is 1. The lowest BCUT2D eigenvalue weighted by atomic mass is 10.0. The predicted octanol–water partition coefficient (Wildman–Crippen LogP) is 6.17. The summed E-state index contributed by atoms with van der Waals surface area (Å²) in [6, 6.07) is 10.1. The molecule has 1 aliphatic rings. The Morgan fingerprint density at radius 3 is 2.48 bits per heavy atom. The Hall–Kier alpha value is -3.07. The standard InChI is InChI=1S/C22H15F4NO3S/c1-11-8-17(28)20(21(29)30-11)16-10-19(12-2-5-14(23)6-3-12)31-18-7-4-13(22(24,25)26)9-15(18)27-16/h2-9,19,28H,10H2,1H3. The first-order valence-corrected chi connectivity index (χ1v) is 10.0. The molecule has 0 amide bonds. The van der Waals surface area contributed by atoms with Gasteiger partial charge >= 0.3 is 11.8 Å². The molecule has 1 unspecified atom stereocenters. The Morgan fingerprint density at radius 2 is 1.84 bits per heavy atom. The van der Waals surface area contributed by atoms with Crippen molar-refractivity contribution in [1.29, 1.82) is 0 Å².